The third-order valence-electron chi connectivity index (χ3n) is 3.56. The van der Waals surface area contributed by atoms with Crippen LogP contribution < -0.4 is 0 Å². The molecule has 0 saturated carbocycles. The van der Waals surface area contributed by atoms with Crippen LogP contribution in [0.4, 0.5) is 0 Å². The van der Waals surface area contributed by atoms with E-state index in [1.54, 1.807) is 0 Å². The van der Waals surface area contributed by atoms with Crippen LogP contribution in [0.2, 0.25) is 0 Å². The summed E-state index contributed by atoms with van der Waals surface area (Å²) in [5.74, 6) is 0.668. The average molecular weight is 262 g/mol. The summed E-state index contributed by atoms with van der Waals surface area (Å²) in [7, 11) is 0. The Labute approximate surface area is 119 Å². The van der Waals surface area contributed by atoms with E-state index in [1.807, 2.05) is 0 Å². The second-order valence-corrected chi connectivity index (χ2v) is 6.06. The topological polar surface area (TPSA) is 20.2 Å². The van der Waals surface area contributed by atoms with Crippen LogP contribution in [0.25, 0.3) is 0 Å². The van der Waals surface area contributed by atoms with Crippen LogP contribution in [0.3, 0.4) is 0 Å². The summed E-state index contributed by atoms with van der Waals surface area (Å²) in [6.07, 6.45) is 7.99. The maximum absolute atomic E-state index is 10.2. The molecule has 0 saturated heterocycles. The second-order valence-electron chi connectivity index (χ2n) is 6.06. The SMILES string of the molecule is CCCCCCCC(O)c1cccc(CC(C)C)c1. The molecule has 0 spiro atoms. The van der Waals surface area contributed by atoms with Crippen molar-refractivity contribution >= 4 is 0 Å². The fourth-order valence-electron chi connectivity index (χ4n) is 2.51. The molecule has 1 N–H and O–H groups in total. The molecule has 0 aliphatic rings. The monoisotopic (exact) mass is 262 g/mol. The lowest BCUT2D eigenvalue weighted by molar-refractivity contribution is 0.163. The van der Waals surface area contributed by atoms with E-state index in [9.17, 15) is 5.11 Å². The van der Waals surface area contributed by atoms with Crippen molar-refractivity contribution in [1.29, 1.82) is 0 Å². The van der Waals surface area contributed by atoms with Crippen LogP contribution >= 0.6 is 0 Å². The van der Waals surface area contributed by atoms with Crippen molar-refractivity contribution in [3.63, 3.8) is 0 Å². The van der Waals surface area contributed by atoms with Gasteiger partial charge in [0.15, 0.2) is 0 Å². The molecular weight excluding hydrogens is 232 g/mol. The molecule has 1 rings (SSSR count). The van der Waals surface area contributed by atoms with Crippen LogP contribution in [0.5, 0.6) is 0 Å². The highest BCUT2D eigenvalue weighted by Crippen LogP contribution is 2.22. The smallest absolute Gasteiger partial charge is 0.0790 e. The maximum atomic E-state index is 10.2. The second kappa shape index (κ2) is 9.14. The van der Waals surface area contributed by atoms with Gasteiger partial charge in [0.25, 0.3) is 0 Å². The molecule has 19 heavy (non-hydrogen) atoms. The molecular formula is C18H30O. The Morgan fingerprint density at radius 2 is 1.79 bits per heavy atom. The highest BCUT2D eigenvalue weighted by Gasteiger charge is 2.08. The zero-order chi connectivity index (χ0) is 14.1. The van der Waals surface area contributed by atoms with Crippen molar-refractivity contribution in [3.05, 3.63) is 35.4 Å². The summed E-state index contributed by atoms with van der Waals surface area (Å²) in [6, 6.07) is 8.47. The van der Waals surface area contributed by atoms with E-state index in [-0.39, 0.29) is 6.10 Å². The third kappa shape index (κ3) is 6.77. The summed E-state index contributed by atoms with van der Waals surface area (Å²) in [4.78, 5) is 0. The van der Waals surface area contributed by atoms with Crippen molar-refractivity contribution in [2.24, 2.45) is 5.92 Å². The van der Waals surface area contributed by atoms with Gasteiger partial charge in [-0.15, -0.1) is 0 Å². The molecule has 0 heterocycles. The van der Waals surface area contributed by atoms with Gasteiger partial charge < -0.3 is 5.11 Å². The van der Waals surface area contributed by atoms with Crippen LogP contribution in [0, 0.1) is 5.92 Å². The van der Waals surface area contributed by atoms with Gasteiger partial charge in [-0.1, -0.05) is 77.1 Å². The van der Waals surface area contributed by atoms with Crippen molar-refractivity contribution in [2.45, 2.75) is 71.8 Å². The van der Waals surface area contributed by atoms with Gasteiger partial charge in [0, 0.05) is 0 Å². The van der Waals surface area contributed by atoms with E-state index < -0.39 is 0 Å². The van der Waals surface area contributed by atoms with E-state index in [0.29, 0.717) is 5.92 Å². The zero-order valence-electron chi connectivity index (χ0n) is 12.9. The van der Waals surface area contributed by atoms with Gasteiger partial charge in [-0.25, -0.2) is 0 Å². The summed E-state index contributed by atoms with van der Waals surface area (Å²) in [6.45, 7) is 6.70. The van der Waals surface area contributed by atoms with Gasteiger partial charge >= 0.3 is 0 Å². The molecule has 0 aromatic heterocycles. The van der Waals surface area contributed by atoms with Crippen molar-refractivity contribution in [3.8, 4) is 0 Å². The summed E-state index contributed by atoms with van der Waals surface area (Å²) in [5.41, 5.74) is 2.44. The Bertz CT molecular complexity index is 343. The predicted octanol–water partition coefficient (Wildman–Crippen LogP) is 5.28. The first-order chi connectivity index (χ1) is 9.13. The average Bonchev–Trinajstić information content (AvgIpc) is 2.38. The van der Waals surface area contributed by atoms with Gasteiger partial charge in [0.05, 0.1) is 6.10 Å². The van der Waals surface area contributed by atoms with Gasteiger partial charge in [-0.3, -0.25) is 0 Å². The molecule has 0 aliphatic heterocycles. The molecule has 1 nitrogen and oxygen atoms in total. The summed E-state index contributed by atoms with van der Waals surface area (Å²) >= 11 is 0. The Kier molecular flexibility index (Phi) is 7.81. The lowest BCUT2D eigenvalue weighted by Crippen LogP contribution is -2.00. The van der Waals surface area contributed by atoms with E-state index in [1.165, 1.54) is 31.2 Å². The van der Waals surface area contributed by atoms with Crippen LogP contribution in [0.15, 0.2) is 24.3 Å². The quantitative estimate of drug-likeness (QED) is 0.600. The molecule has 0 radical (unpaired) electrons. The highest BCUT2D eigenvalue weighted by atomic mass is 16.3. The number of rotatable bonds is 9. The van der Waals surface area contributed by atoms with Crippen LogP contribution in [-0.2, 0) is 6.42 Å². The standard InChI is InChI=1S/C18H30O/c1-4-5-6-7-8-12-18(19)17-11-9-10-16(14-17)13-15(2)3/h9-11,14-15,18-19H,4-8,12-13H2,1-3H3. The van der Waals surface area contributed by atoms with E-state index in [0.717, 1.165) is 24.8 Å². The number of benzene rings is 1. The zero-order valence-corrected chi connectivity index (χ0v) is 12.9. The lowest BCUT2D eigenvalue weighted by atomic mass is 9.97. The minimum atomic E-state index is -0.284. The molecule has 0 fully saturated rings. The normalized spacial score (nSPS) is 12.9. The van der Waals surface area contributed by atoms with Crippen LogP contribution in [-0.4, -0.2) is 5.11 Å². The predicted molar refractivity (Wildman–Crippen MR) is 83.3 cm³/mol. The molecule has 1 aromatic rings. The minimum Gasteiger partial charge on any atom is -0.388 e. The first-order valence-electron chi connectivity index (χ1n) is 7.90. The van der Waals surface area contributed by atoms with Gasteiger partial charge in [-0.05, 0) is 29.9 Å². The molecule has 1 heteroatoms. The fraction of sp³-hybridized carbons (Fsp3) is 0.667. The summed E-state index contributed by atoms with van der Waals surface area (Å²) < 4.78 is 0. The molecule has 1 unspecified atom stereocenters. The van der Waals surface area contributed by atoms with Gasteiger partial charge in [-0.2, -0.15) is 0 Å². The largest absolute Gasteiger partial charge is 0.388 e. The van der Waals surface area contributed by atoms with Crippen molar-refractivity contribution in [2.75, 3.05) is 0 Å². The Morgan fingerprint density at radius 1 is 1.05 bits per heavy atom. The van der Waals surface area contributed by atoms with E-state index in [2.05, 4.69) is 45.0 Å². The van der Waals surface area contributed by atoms with Crippen LogP contribution in [0.1, 0.15) is 76.5 Å². The van der Waals surface area contributed by atoms with E-state index >= 15 is 0 Å². The van der Waals surface area contributed by atoms with Gasteiger partial charge in [0.2, 0.25) is 0 Å². The van der Waals surface area contributed by atoms with Crippen molar-refractivity contribution < 1.29 is 5.11 Å². The Hall–Kier alpha value is -0.820. The number of aliphatic hydroxyl groups is 1. The van der Waals surface area contributed by atoms with Crippen molar-refractivity contribution in [1.82, 2.24) is 0 Å². The van der Waals surface area contributed by atoms with E-state index in [4.69, 9.17) is 0 Å². The third-order valence-corrected chi connectivity index (χ3v) is 3.56. The fourth-order valence-corrected chi connectivity index (χ4v) is 2.51. The minimum absolute atomic E-state index is 0.284. The lowest BCUT2D eigenvalue weighted by Gasteiger charge is -2.13. The molecule has 1 aromatic carbocycles. The first-order valence-corrected chi connectivity index (χ1v) is 7.90. The molecule has 1 atom stereocenters. The maximum Gasteiger partial charge on any atom is 0.0790 e. The molecule has 108 valence electrons. The molecule has 0 bridgehead atoms. The molecule has 0 amide bonds. The number of unbranched alkanes of at least 4 members (excludes halogenated alkanes) is 4. The number of aliphatic hydroxyl groups excluding tert-OH is 1. The first kappa shape index (κ1) is 16.2. The number of hydrogen-bond acceptors (Lipinski definition) is 1. The van der Waals surface area contributed by atoms with Gasteiger partial charge in [0.1, 0.15) is 0 Å². The Morgan fingerprint density at radius 3 is 2.47 bits per heavy atom. The molecule has 0 aliphatic carbocycles. The highest BCUT2D eigenvalue weighted by molar-refractivity contribution is 5.25. The summed E-state index contributed by atoms with van der Waals surface area (Å²) in [5, 5.41) is 10.2. The Balaban J connectivity index is 2.40. The number of hydrogen-bond donors (Lipinski definition) is 1.